The largest absolute Gasteiger partial charge is 0.497 e. The van der Waals surface area contributed by atoms with Gasteiger partial charge in [0, 0.05) is 23.9 Å². The molecule has 0 bridgehead atoms. The fraction of sp³-hybridized carbons (Fsp3) is 0.462. The van der Waals surface area contributed by atoms with Gasteiger partial charge in [-0.05, 0) is 92.9 Å². The van der Waals surface area contributed by atoms with E-state index in [4.69, 9.17) is 4.74 Å². The maximum absolute atomic E-state index is 12.3. The SMILES string of the molecule is COc1ccc2ncc(C)c(CCCC3(C(=O)O)CCN(CCSc4cccs4)CC3)c2c1. The van der Waals surface area contributed by atoms with Crippen LogP contribution in [0.4, 0.5) is 0 Å². The number of aliphatic carboxylic acids is 1. The Kier molecular flexibility index (Phi) is 7.94. The number of benzene rings is 1. The summed E-state index contributed by atoms with van der Waals surface area (Å²) in [7, 11) is 1.67. The van der Waals surface area contributed by atoms with Crippen molar-refractivity contribution in [3.8, 4) is 5.75 Å². The van der Waals surface area contributed by atoms with Gasteiger partial charge in [-0.1, -0.05) is 6.07 Å². The average molecular weight is 485 g/mol. The van der Waals surface area contributed by atoms with Gasteiger partial charge in [-0.15, -0.1) is 23.1 Å². The lowest BCUT2D eigenvalue weighted by Crippen LogP contribution is -2.45. The molecule has 0 radical (unpaired) electrons. The van der Waals surface area contributed by atoms with Gasteiger partial charge in [0.25, 0.3) is 0 Å². The first-order chi connectivity index (χ1) is 16.0. The van der Waals surface area contributed by atoms with Crippen molar-refractivity contribution in [1.82, 2.24) is 9.88 Å². The lowest BCUT2D eigenvalue weighted by atomic mass is 9.74. The van der Waals surface area contributed by atoms with Crippen LogP contribution in [-0.4, -0.2) is 53.5 Å². The van der Waals surface area contributed by atoms with E-state index in [0.717, 1.165) is 73.3 Å². The summed E-state index contributed by atoms with van der Waals surface area (Å²) in [5.74, 6) is 1.24. The first-order valence-electron chi connectivity index (χ1n) is 11.5. The highest BCUT2D eigenvalue weighted by molar-refractivity contribution is 8.01. The number of nitrogens with zero attached hydrogens (tertiary/aromatic N) is 2. The average Bonchev–Trinajstić information content (AvgIpc) is 3.34. The molecule has 4 rings (SSSR count). The molecule has 0 saturated carbocycles. The highest BCUT2D eigenvalue weighted by Gasteiger charge is 2.40. The van der Waals surface area contributed by atoms with Crippen LogP contribution in [0.2, 0.25) is 0 Å². The van der Waals surface area contributed by atoms with E-state index in [9.17, 15) is 9.90 Å². The van der Waals surface area contributed by atoms with E-state index < -0.39 is 11.4 Å². The number of ether oxygens (including phenoxy) is 1. The minimum absolute atomic E-state index is 0.605. The highest BCUT2D eigenvalue weighted by atomic mass is 32.2. The minimum atomic E-state index is -0.631. The number of carboxylic acid groups (broad SMARTS) is 1. The zero-order chi connectivity index (χ0) is 23.3. The number of thioether (sulfide) groups is 1. The van der Waals surface area contributed by atoms with Gasteiger partial charge >= 0.3 is 5.97 Å². The second-order valence-electron chi connectivity index (χ2n) is 8.86. The van der Waals surface area contributed by atoms with E-state index in [1.54, 1.807) is 18.4 Å². The highest BCUT2D eigenvalue weighted by Crippen LogP contribution is 2.38. The molecule has 33 heavy (non-hydrogen) atoms. The number of pyridine rings is 1. The zero-order valence-electron chi connectivity index (χ0n) is 19.4. The number of rotatable bonds is 10. The monoisotopic (exact) mass is 484 g/mol. The van der Waals surface area contributed by atoms with Crippen molar-refractivity contribution in [2.75, 3.05) is 32.5 Å². The molecule has 0 spiro atoms. The Morgan fingerprint density at radius 3 is 2.82 bits per heavy atom. The van der Waals surface area contributed by atoms with Crippen molar-refractivity contribution < 1.29 is 14.6 Å². The molecule has 1 saturated heterocycles. The first-order valence-corrected chi connectivity index (χ1v) is 13.4. The third-order valence-electron chi connectivity index (χ3n) is 6.90. The number of piperidine rings is 1. The third kappa shape index (κ3) is 5.70. The fourth-order valence-corrected chi connectivity index (χ4v) is 6.65. The predicted molar refractivity (Wildman–Crippen MR) is 137 cm³/mol. The Morgan fingerprint density at radius 1 is 1.30 bits per heavy atom. The van der Waals surface area contributed by atoms with Crippen LogP contribution in [0.1, 0.15) is 36.8 Å². The summed E-state index contributed by atoms with van der Waals surface area (Å²) in [6, 6.07) is 10.2. The summed E-state index contributed by atoms with van der Waals surface area (Å²) < 4.78 is 6.76. The van der Waals surface area contributed by atoms with Gasteiger partial charge in [0.2, 0.25) is 0 Å². The second kappa shape index (κ2) is 10.9. The van der Waals surface area contributed by atoms with Crippen LogP contribution in [0.25, 0.3) is 10.9 Å². The van der Waals surface area contributed by atoms with Crippen molar-refractivity contribution in [2.45, 2.75) is 43.2 Å². The van der Waals surface area contributed by atoms with E-state index in [2.05, 4.69) is 34.3 Å². The molecule has 0 unspecified atom stereocenters. The molecule has 1 fully saturated rings. The summed E-state index contributed by atoms with van der Waals surface area (Å²) in [6.07, 6.45) is 5.81. The number of hydrogen-bond donors (Lipinski definition) is 1. The van der Waals surface area contributed by atoms with Crippen molar-refractivity contribution in [2.24, 2.45) is 5.41 Å². The maximum atomic E-state index is 12.3. The number of fused-ring (bicyclic) bond motifs is 1. The summed E-state index contributed by atoms with van der Waals surface area (Å²) >= 11 is 3.67. The number of aromatic nitrogens is 1. The van der Waals surface area contributed by atoms with Gasteiger partial charge in [-0.3, -0.25) is 9.78 Å². The Bertz CT molecular complexity index is 1080. The van der Waals surface area contributed by atoms with Crippen molar-refractivity contribution in [1.29, 1.82) is 0 Å². The van der Waals surface area contributed by atoms with E-state index in [1.807, 2.05) is 36.2 Å². The second-order valence-corrected chi connectivity index (χ2v) is 11.2. The van der Waals surface area contributed by atoms with Crippen LogP contribution in [0.15, 0.2) is 46.1 Å². The Balaban J connectivity index is 1.35. The molecular weight excluding hydrogens is 452 g/mol. The van der Waals surface area contributed by atoms with Gasteiger partial charge in [0.15, 0.2) is 0 Å². The maximum Gasteiger partial charge on any atom is 0.309 e. The van der Waals surface area contributed by atoms with Crippen LogP contribution < -0.4 is 4.74 Å². The lowest BCUT2D eigenvalue weighted by molar-refractivity contribution is -0.152. The zero-order valence-corrected chi connectivity index (χ0v) is 21.0. The summed E-state index contributed by atoms with van der Waals surface area (Å²) in [4.78, 5) is 19.3. The molecule has 1 aliphatic heterocycles. The summed E-state index contributed by atoms with van der Waals surface area (Å²) in [5, 5.41) is 13.3. The molecule has 176 valence electrons. The first kappa shape index (κ1) is 24.0. The molecule has 3 heterocycles. The van der Waals surface area contributed by atoms with E-state index in [0.29, 0.717) is 6.42 Å². The van der Waals surface area contributed by atoms with Crippen LogP contribution in [-0.2, 0) is 11.2 Å². The summed E-state index contributed by atoms with van der Waals surface area (Å²) in [5.41, 5.74) is 2.75. The molecule has 1 aliphatic rings. The predicted octanol–water partition coefficient (Wildman–Crippen LogP) is 5.90. The van der Waals surface area contributed by atoms with E-state index in [-0.39, 0.29) is 0 Å². The molecule has 2 aromatic heterocycles. The van der Waals surface area contributed by atoms with Crippen molar-refractivity contribution in [3.63, 3.8) is 0 Å². The number of hydrogen-bond acceptors (Lipinski definition) is 6. The molecule has 0 aliphatic carbocycles. The Labute approximate surface area is 204 Å². The fourth-order valence-electron chi connectivity index (χ4n) is 4.78. The van der Waals surface area contributed by atoms with Gasteiger partial charge in [-0.25, -0.2) is 0 Å². The van der Waals surface area contributed by atoms with Crippen molar-refractivity contribution >= 4 is 40.0 Å². The topological polar surface area (TPSA) is 62.7 Å². The van der Waals surface area contributed by atoms with E-state index >= 15 is 0 Å². The van der Waals surface area contributed by atoms with Gasteiger partial charge in [-0.2, -0.15) is 0 Å². The number of likely N-dealkylation sites (tertiary alicyclic amines) is 1. The quantitative estimate of drug-likeness (QED) is 0.362. The molecule has 7 heteroatoms. The van der Waals surface area contributed by atoms with Crippen LogP contribution in [0.5, 0.6) is 5.75 Å². The molecule has 0 amide bonds. The van der Waals surface area contributed by atoms with Gasteiger partial charge in [0.1, 0.15) is 5.75 Å². The number of methoxy groups -OCH3 is 1. The number of carbonyl (C=O) groups is 1. The Morgan fingerprint density at radius 2 is 2.12 bits per heavy atom. The standard InChI is InChI=1S/C26H32N2O3S2/c1-19-18-27-23-8-7-20(31-2)17-22(23)21(19)5-3-9-26(25(29)30)10-12-28(13-11-26)14-16-33-24-6-4-15-32-24/h4,6-8,15,17-18H,3,5,9-14,16H2,1-2H3,(H,29,30). The normalized spacial score (nSPS) is 16.2. The lowest BCUT2D eigenvalue weighted by Gasteiger charge is -2.39. The van der Waals surface area contributed by atoms with Gasteiger partial charge < -0.3 is 14.7 Å². The number of aryl methyl sites for hydroxylation is 2. The molecule has 1 aromatic carbocycles. The number of carboxylic acids is 1. The minimum Gasteiger partial charge on any atom is -0.497 e. The molecule has 5 nitrogen and oxygen atoms in total. The summed E-state index contributed by atoms with van der Waals surface area (Å²) in [6.45, 7) is 4.83. The number of thiophene rings is 1. The smallest absolute Gasteiger partial charge is 0.309 e. The van der Waals surface area contributed by atoms with Crippen molar-refractivity contribution in [3.05, 3.63) is 53.0 Å². The Hall–Kier alpha value is -2.09. The third-order valence-corrected chi connectivity index (χ3v) is 9.01. The molecule has 0 atom stereocenters. The van der Waals surface area contributed by atoms with E-state index in [1.165, 1.54) is 9.77 Å². The molecular formula is C26H32N2O3S2. The van der Waals surface area contributed by atoms with Gasteiger partial charge in [0.05, 0.1) is 22.3 Å². The molecule has 1 N–H and O–H groups in total. The molecule has 3 aromatic rings. The van der Waals surface area contributed by atoms with Crippen LogP contribution >= 0.6 is 23.1 Å². The van der Waals surface area contributed by atoms with Crippen LogP contribution in [0, 0.1) is 12.3 Å². The van der Waals surface area contributed by atoms with Crippen LogP contribution in [0.3, 0.4) is 0 Å².